The van der Waals surface area contributed by atoms with Crippen molar-refractivity contribution in [1.82, 2.24) is 0 Å². The van der Waals surface area contributed by atoms with Crippen LogP contribution in [0.15, 0.2) is 12.3 Å². The molecule has 3 heteroatoms. The zero-order chi connectivity index (χ0) is 10.1. The predicted molar refractivity (Wildman–Crippen MR) is 48.9 cm³/mol. The minimum atomic E-state index is -0.129. The maximum absolute atomic E-state index is 11.3. The highest BCUT2D eigenvalue weighted by Crippen LogP contribution is 2.59. The number of methoxy groups -OCH3 is 2. The largest absolute Gasteiger partial charge is 0.505 e. The third-order valence-electron chi connectivity index (χ3n) is 2.79. The van der Waals surface area contributed by atoms with Gasteiger partial charge >= 0.3 is 5.97 Å². The van der Waals surface area contributed by atoms with E-state index in [0.717, 1.165) is 0 Å². The Hall–Kier alpha value is -0.990. The Morgan fingerprint density at radius 2 is 2.00 bits per heavy atom. The van der Waals surface area contributed by atoms with Crippen molar-refractivity contribution in [2.24, 2.45) is 17.3 Å². The van der Waals surface area contributed by atoms with Gasteiger partial charge in [-0.15, -0.1) is 0 Å². The first-order chi connectivity index (χ1) is 6.05. The zero-order valence-electron chi connectivity index (χ0n) is 8.53. The number of carbonyl (C=O) groups is 1. The number of hydrogen-bond donors (Lipinski definition) is 0. The number of rotatable bonds is 3. The Morgan fingerprint density at radius 3 is 2.46 bits per heavy atom. The third kappa shape index (κ3) is 1.69. The van der Waals surface area contributed by atoms with E-state index in [4.69, 9.17) is 9.47 Å². The summed E-state index contributed by atoms with van der Waals surface area (Å²) >= 11 is 0. The number of esters is 1. The molecule has 0 bridgehead atoms. The van der Waals surface area contributed by atoms with E-state index < -0.39 is 0 Å². The molecule has 0 amide bonds. The van der Waals surface area contributed by atoms with Crippen LogP contribution in [0.1, 0.15) is 13.8 Å². The molecule has 0 N–H and O–H groups in total. The summed E-state index contributed by atoms with van der Waals surface area (Å²) in [5, 5.41) is 0. The predicted octanol–water partition coefficient (Wildman–Crippen LogP) is 1.59. The minimum absolute atomic E-state index is 0.0103. The van der Waals surface area contributed by atoms with E-state index >= 15 is 0 Å². The van der Waals surface area contributed by atoms with Gasteiger partial charge in [-0.1, -0.05) is 13.8 Å². The van der Waals surface area contributed by atoms with Crippen molar-refractivity contribution in [2.75, 3.05) is 14.2 Å². The highest BCUT2D eigenvalue weighted by atomic mass is 16.5. The van der Waals surface area contributed by atoms with Gasteiger partial charge in [-0.3, -0.25) is 4.79 Å². The molecule has 1 aliphatic rings. The lowest BCUT2D eigenvalue weighted by atomic mass is 10.1. The van der Waals surface area contributed by atoms with Crippen molar-refractivity contribution >= 4 is 5.97 Å². The molecule has 1 rings (SSSR count). The number of carbonyl (C=O) groups excluding carboxylic acids is 1. The summed E-state index contributed by atoms with van der Waals surface area (Å²) in [6.07, 6.45) is 3.54. The van der Waals surface area contributed by atoms with Gasteiger partial charge in [-0.2, -0.15) is 0 Å². The molecule has 13 heavy (non-hydrogen) atoms. The van der Waals surface area contributed by atoms with Crippen molar-refractivity contribution < 1.29 is 14.3 Å². The van der Waals surface area contributed by atoms with Gasteiger partial charge in [0.1, 0.15) is 0 Å². The first-order valence-electron chi connectivity index (χ1n) is 4.33. The molecule has 0 aromatic carbocycles. The van der Waals surface area contributed by atoms with Crippen LogP contribution in [0.25, 0.3) is 0 Å². The molecule has 2 unspecified atom stereocenters. The summed E-state index contributed by atoms with van der Waals surface area (Å²) < 4.78 is 9.52. The summed E-state index contributed by atoms with van der Waals surface area (Å²) in [6, 6.07) is 0. The van der Waals surface area contributed by atoms with Crippen molar-refractivity contribution in [2.45, 2.75) is 13.8 Å². The molecule has 1 saturated carbocycles. The van der Waals surface area contributed by atoms with E-state index in [1.807, 2.05) is 6.08 Å². The second-order valence-electron chi connectivity index (χ2n) is 3.91. The quantitative estimate of drug-likeness (QED) is 0.493. The lowest BCUT2D eigenvalue weighted by Crippen LogP contribution is -2.07. The van der Waals surface area contributed by atoms with Gasteiger partial charge in [0.15, 0.2) is 0 Å². The smallest absolute Gasteiger partial charge is 0.309 e. The zero-order valence-corrected chi connectivity index (χ0v) is 8.53. The lowest BCUT2D eigenvalue weighted by Gasteiger charge is -1.98. The Balaban J connectivity index is 2.60. The SMILES string of the molecule is COC=CC1C(C(=O)OC)C1(C)C. The summed E-state index contributed by atoms with van der Waals surface area (Å²) in [5.41, 5.74) is 0.0160. The first kappa shape index (κ1) is 10.1. The Bertz CT molecular complexity index is 230. The average molecular weight is 184 g/mol. The van der Waals surface area contributed by atoms with E-state index in [1.54, 1.807) is 13.4 Å². The van der Waals surface area contributed by atoms with Crippen molar-refractivity contribution in [3.05, 3.63) is 12.3 Å². The van der Waals surface area contributed by atoms with Crippen LogP contribution in [0.4, 0.5) is 0 Å². The summed E-state index contributed by atoms with van der Waals surface area (Å²) in [5.74, 6) is 0.111. The Labute approximate surface area is 78.7 Å². The fourth-order valence-electron chi connectivity index (χ4n) is 1.78. The van der Waals surface area contributed by atoms with Crippen LogP contribution in [0.2, 0.25) is 0 Å². The maximum Gasteiger partial charge on any atom is 0.309 e. The normalized spacial score (nSPS) is 30.2. The number of allylic oxidation sites excluding steroid dienone is 1. The van der Waals surface area contributed by atoms with Gasteiger partial charge < -0.3 is 9.47 Å². The van der Waals surface area contributed by atoms with E-state index in [0.29, 0.717) is 0 Å². The highest BCUT2D eigenvalue weighted by Gasteiger charge is 2.61. The molecular formula is C10H16O3. The molecule has 0 aromatic heterocycles. The van der Waals surface area contributed by atoms with Gasteiger partial charge in [-0.05, 0) is 17.4 Å². The van der Waals surface area contributed by atoms with E-state index in [2.05, 4.69) is 13.8 Å². The first-order valence-corrected chi connectivity index (χ1v) is 4.33. The fourth-order valence-corrected chi connectivity index (χ4v) is 1.78. The van der Waals surface area contributed by atoms with Gasteiger partial charge in [0, 0.05) is 0 Å². The molecule has 0 saturated heterocycles. The lowest BCUT2D eigenvalue weighted by molar-refractivity contribution is -0.143. The third-order valence-corrected chi connectivity index (χ3v) is 2.79. The summed E-state index contributed by atoms with van der Waals surface area (Å²) in [6.45, 7) is 4.11. The molecule has 0 spiro atoms. The van der Waals surface area contributed by atoms with Crippen LogP contribution in [-0.2, 0) is 14.3 Å². The molecule has 0 radical (unpaired) electrons. The molecule has 1 aliphatic carbocycles. The fraction of sp³-hybridized carbons (Fsp3) is 0.700. The van der Waals surface area contributed by atoms with Gasteiger partial charge in [-0.25, -0.2) is 0 Å². The topological polar surface area (TPSA) is 35.5 Å². The molecule has 74 valence electrons. The van der Waals surface area contributed by atoms with Crippen LogP contribution in [0.3, 0.4) is 0 Å². The maximum atomic E-state index is 11.3. The molecular weight excluding hydrogens is 168 g/mol. The second-order valence-corrected chi connectivity index (χ2v) is 3.91. The Morgan fingerprint density at radius 1 is 1.38 bits per heavy atom. The van der Waals surface area contributed by atoms with Gasteiger partial charge in [0.2, 0.25) is 0 Å². The van der Waals surface area contributed by atoms with Gasteiger partial charge in [0.25, 0.3) is 0 Å². The molecule has 2 atom stereocenters. The molecule has 0 aliphatic heterocycles. The molecule has 0 aromatic rings. The van der Waals surface area contributed by atoms with Gasteiger partial charge in [0.05, 0.1) is 26.4 Å². The van der Waals surface area contributed by atoms with Crippen molar-refractivity contribution in [3.8, 4) is 0 Å². The molecule has 3 nitrogen and oxygen atoms in total. The van der Waals surface area contributed by atoms with E-state index in [9.17, 15) is 4.79 Å². The van der Waals surface area contributed by atoms with Crippen LogP contribution in [0.5, 0.6) is 0 Å². The van der Waals surface area contributed by atoms with Crippen LogP contribution < -0.4 is 0 Å². The van der Waals surface area contributed by atoms with Crippen LogP contribution >= 0.6 is 0 Å². The Kier molecular flexibility index (Phi) is 2.64. The average Bonchev–Trinajstić information content (AvgIpc) is 2.63. The standard InChI is InChI=1S/C10H16O3/c1-10(2)7(5-6-12-3)8(10)9(11)13-4/h5-8H,1-4H3. The van der Waals surface area contributed by atoms with Crippen LogP contribution in [0, 0.1) is 17.3 Å². The molecule has 0 heterocycles. The number of ether oxygens (including phenoxy) is 2. The summed E-state index contributed by atoms with van der Waals surface area (Å²) in [7, 11) is 3.02. The summed E-state index contributed by atoms with van der Waals surface area (Å²) in [4.78, 5) is 11.3. The minimum Gasteiger partial charge on any atom is -0.505 e. The monoisotopic (exact) mass is 184 g/mol. The van der Waals surface area contributed by atoms with E-state index in [1.165, 1.54) is 7.11 Å². The second kappa shape index (κ2) is 3.40. The van der Waals surface area contributed by atoms with E-state index in [-0.39, 0.29) is 23.2 Å². The van der Waals surface area contributed by atoms with Crippen molar-refractivity contribution in [3.63, 3.8) is 0 Å². The van der Waals surface area contributed by atoms with Crippen molar-refractivity contribution in [1.29, 1.82) is 0 Å². The highest BCUT2D eigenvalue weighted by molar-refractivity contribution is 5.78. The molecule has 1 fully saturated rings. The van der Waals surface area contributed by atoms with Crippen LogP contribution in [-0.4, -0.2) is 20.2 Å². The number of hydrogen-bond acceptors (Lipinski definition) is 3.